The van der Waals surface area contributed by atoms with Gasteiger partial charge in [-0.2, -0.15) is 5.10 Å². The maximum Gasteiger partial charge on any atom is 0.275 e. The molecule has 0 spiro atoms. The summed E-state index contributed by atoms with van der Waals surface area (Å²) in [5.41, 5.74) is 1.68. The Morgan fingerprint density at radius 2 is 1.79 bits per heavy atom. The minimum atomic E-state index is 0.0805. The van der Waals surface area contributed by atoms with Crippen molar-refractivity contribution in [2.24, 2.45) is 0 Å². The maximum absolute atomic E-state index is 12.6. The summed E-state index contributed by atoms with van der Waals surface area (Å²) in [4.78, 5) is 14.5. The van der Waals surface area contributed by atoms with Crippen LogP contribution in [-0.2, 0) is 0 Å². The van der Waals surface area contributed by atoms with Crippen LogP contribution in [-0.4, -0.2) is 34.1 Å². The molecule has 1 saturated carbocycles. The molecular weight excluding hydrogens is 306 g/mol. The van der Waals surface area contributed by atoms with Crippen molar-refractivity contribution in [3.05, 3.63) is 15.9 Å². The molecule has 1 aliphatic heterocycles. The average molecular weight is 326 g/mol. The summed E-state index contributed by atoms with van der Waals surface area (Å²) >= 11 is 3.55. The molecule has 1 amide bonds. The number of rotatable bonds is 2. The van der Waals surface area contributed by atoms with Gasteiger partial charge in [-0.05, 0) is 41.6 Å². The van der Waals surface area contributed by atoms with Crippen molar-refractivity contribution in [2.75, 3.05) is 13.1 Å². The summed E-state index contributed by atoms with van der Waals surface area (Å²) < 4.78 is 0.891. The second-order valence-corrected chi connectivity index (χ2v) is 6.43. The SMILES string of the molecule is O=C(c1n[nH]c(C2CC2)c1Br)N1CCCCCCC1. The zero-order chi connectivity index (χ0) is 13.2. The third kappa shape index (κ3) is 2.86. The molecule has 2 fully saturated rings. The first-order chi connectivity index (χ1) is 9.27. The van der Waals surface area contributed by atoms with Crippen molar-refractivity contribution in [2.45, 2.75) is 50.9 Å². The average Bonchev–Trinajstić information content (AvgIpc) is 3.12. The molecule has 3 rings (SSSR count). The predicted octanol–water partition coefficient (Wildman–Crippen LogP) is 3.46. The summed E-state index contributed by atoms with van der Waals surface area (Å²) in [6, 6.07) is 0. The first kappa shape index (κ1) is 13.2. The van der Waals surface area contributed by atoms with Gasteiger partial charge in [0.25, 0.3) is 5.91 Å². The van der Waals surface area contributed by atoms with Gasteiger partial charge in [-0.3, -0.25) is 9.89 Å². The fourth-order valence-corrected chi connectivity index (χ4v) is 3.40. The van der Waals surface area contributed by atoms with Crippen LogP contribution in [0.3, 0.4) is 0 Å². The van der Waals surface area contributed by atoms with E-state index in [1.165, 1.54) is 32.1 Å². The number of H-pyrrole nitrogens is 1. The Morgan fingerprint density at radius 1 is 1.16 bits per heavy atom. The number of carbonyl (C=O) groups is 1. The Bertz CT molecular complexity index is 459. The number of carbonyl (C=O) groups excluding carboxylic acids is 1. The molecule has 4 nitrogen and oxygen atoms in total. The summed E-state index contributed by atoms with van der Waals surface area (Å²) in [7, 11) is 0. The quantitative estimate of drug-likeness (QED) is 0.905. The maximum atomic E-state index is 12.6. The molecule has 0 aromatic carbocycles. The van der Waals surface area contributed by atoms with E-state index in [4.69, 9.17) is 0 Å². The van der Waals surface area contributed by atoms with E-state index in [9.17, 15) is 4.79 Å². The highest BCUT2D eigenvalue weighted by atomic mass is 79.9. The zero-order valence-corrected chi connectivity index (χ0v) is 12.7. The van der Waals surface area contributed by atoms with Crippen LogP contribution in [0.2, 0.25) is 0 Å². The van der Waals surface area contributed by atoms with Crippen molar-refractivity contribution in [3.8, 4) is 0 Å². The molecule has 0 bridgehead atoms. The van der Waals surface area contributed by atoms with Crippen LogP contribution in [0.5, 0.6) is 0 Å². The lowest BCUT2D eigenvalue weighted by Gasteiger charge is -2.24. The molecule has 1 aromatic rings. The second kappa shape index (κ2) is 5.65. The third-order valence-electron chi connectivity index (χ3n) is 4.06. The number of hydrogen-bond acceptors (Lipinski definition) is 2. The van der Waals surface area contributed by atoms with E-state index in [-0.39, 0.29) is 5.91 Å². The number of nitrogens with zero attached hydrogens (tertiary/aromatic N) is 2. The lowest BCUT2D eigenvalue weighted by atomic mass is 10.1. The number of aromatic amines is 1. The molecular formula is C14H20BrN3O. The number of hydrogen-bond donors (Lipinski definition) is 1. The summed E-state index contributed by atoms with van der Waals surface area (Å²) in [6.07, 6.45) is 8.42. The van der Waals surface area contributed by atoms with E-state index in [2.05, 4.69) is 26.1 Å². The van der Waals surface area contributed by atoms with E-state index in [1.54, 1.807) is 0 Å². The van der Waals surface area contributed by atoms with Gasteiger partial charge in [-0.15, -0.1) is 0 Å². The van der Waals surface area contributed by atoms with Gasteiger partial charge in [0.15, 0.2) is 5.69 Å². The van der Waals surface area contributed by atoms with Crippen LogP contribution in [0.25, 0.3) is 0 Å². The van der Waals surface area contributed by atoms with Gasteiger partial charge in [0, 0.05) is 19.0 Å². The fraction of sp³-hybridized carbons (Fsp3) is 0.714. The highest BCUT2D eigenvalue weighted by Gasteiger charge is 2.31. The molecule has 5 heteroatoms. The lowest BCUT2D eigenvalue weighted by molar-refractivity contribution is 0.0735. The Hall–Kier alpha value is -0.840. The van der Waals surface area contributed by atoms with Crippen LogP contribution >= 0.6 is 15.9 Å². The van der Waals surface area contributed by atoms with Gasteiger partial charge in [0.2, 0.25) is 0 Å². The van der Waals surface area contributed by atoms with Crippen molar-refractivity contribution < 1.29 is 4.79 Å². The Labute approximate surface area is 122 Å². The Balaban J connectivity index is 1.74. The monoisotopic (exact) mass is 325 g/mol. The largest absolute Gasteiger partial charge is 0.337 e. The molecule has 1 N–H and O–H groups in total. The van der Waals surface area contributed by atoms with Crippen molar-refractivity contribution in [1.82, 2.24) is 15.1 Å². The second-order valence-electron chi connectivity index (χ2n) is 5.63. The molecule has 1 aliphatic carbocycles. The van der Waals surface area contributed by atoms with E-state index in [1.807, 2.05) is 4.90 Å². The molecule has 2 heterocycles. The van der Waals surface area contributed by atoms with Crippen LogP contribution in [0.1, 0.15) is 67.0 Å². The minimum Gasteiger partial charge on any atom is -0.337 e. The van der Waals surface area contributed by atoms with E-state index in [0.717, 1.165) is 36.1 Å². The molecule has 1 saturated heterocycles. The fourth-order valence-electron chi connectivity index (χ4n) is 2.73. The van der Waals surface area contributed by atoms with Gasteiger partial charge in [-0.1, -0.05) is 19.3 Å². The number of nitrogens with one attached hydrogen (secondary N) is 1. The topological polar surface area (TPSA) is 49.0 Å². The van der Waals surface area contributed by atoms with Gasteiger partial charge < -0.3 is 4.90 Å². The lowest BCUT2D eigenvalue weighted by Crippen LogP contribution is -2.34. The molecule has 104 valence electrons. The zero-order valence-electron chi connectivity index (χ0n) is 11.1. The van der Waals surface area contributed by atoms with E-state index >= 15 is 0 Å². The van der Waals surface area contributed by atoms with E-state index < -0.39 is 0 Å². The van der Waals surface area contributed by atoms with Crippen LogP contribution in [0.4, 0.5) is 0 Å². The minimum absolute atomic E-state index is 0.0805. The number of aromatic nitrogens is 2. The molecule has 0 unspecified atom stereocenters. The first-order valence-electron chi connectivity index (χ1n) is 7.30. The van der Waals surface area contributed by atoms with Crippen molar-refractivity contribution in [3.63, 3.8) is 0 Å². The standard InChI is InChI=1S/C14H20BrN3O/c15-11-12(10-6-7-10)16-17-13(11)14(19)18-8-4-2-1-3-5-9-18/h10H,1-9H2,(H,16,17). The highest BCUT2D eigenvalue weighted by molar-refractivity contribution is 9.10. The van der Waals surface area contributed by atoms with Gasteiger partial charge in [0.1, 0.15) is 0 Å². The van der Waals surface area contributed by atoms with Crippen LogP contribution in [0.15, 0.2) is 4.47 Å². The number of halogens is 1. The Kier molecular flexibility index (Phi) is 3.91. The number of amides is 1. The van der Waals surface area contributed by atoms with Gasteiger partial charge in [-0.25, -0.2) is 0 Å². The predicted molar refractivity (Wildman–Crippen MR) is 77.3 cm³/mol. The molecule has 19 heavy (non-hydrogen) atoms. The van der Waals surface area contributed by atoms with Gasteiger partial charge >= 0.3 is 0 Å². The summed E-state index contributed by atoms with van der Waals surface area (Å²) in [5, 5.41) is 7.28. The number of likely N-dealkylation sites (tertiary alicyclic amines) is 1. The van der Waals surface area contributed by atoms with Crippen LogP contribution in [0, 0.1) is 0 Å². The molecule has 1 aromatic heterocycles. The third-order valence-corrected chi connectivity index (χ3v) is 4.87. The molecule has 2 aliphatic rings. The molecule has 0 radical (unpaired) electrons. The van der Waals surface area contributed by atoms with Crippen LogP contribution < -0.4 is 0 Å². The van der Waals surface area contributed by atoms with Crippen molar-refractivity contribution in [1.29, 1.82) is 0 Å². The van der Waals surface area contributed by atoms with E-state index in [0.29, 0.717) is 11.6 Å². The first-order valence-corrected chi connectivity index (χ1v) is 8.09. The molecule has 0 atom stereocenters. The normalized spacial score (nSPS) is 21.0. The van der Waals surface area contributed by atoms with Gasteiger partial charge in [0.05, 0.1) is 10.2 Å². The highest BCUT2D eigenvalue weighted by Crippen LogP contribution is 2.43. The summed E-state index contributed by atoms with van der Waals surface area (Å²) in [5.74, 6) is 0.660. The smallest absolute Gasteiger partial charge is 0.275 e. The van der Waals surface area contributed by atoms with Crippen molar-refractivity contribution >= 4 is 21.8 Å². The summed E-state index contributed by atoms with van der Waals surface area (Å²) in [6.45, 7) is 1.74. The Morgan fingerprint density at radius 3 is 2.42 bits per heavy atom.